The summed E-state index contributed by atoms with van der Waals surface area (Å²) in [6.07, 6.45) is 2.14. The van der Waals surface area contributed by atoms with Crippen molar-refractivity contribution >= 4 is 17.8 Å². The van der Waals surface area contributed by atoms with Crippen molar-refractivity contribution in [3.8, 4) is 11.3 Å². The summed E-state index contributed by atoms with van der Waals surface area (Å²) >= 11 is 0. The Morgan fingerprint density at radius 2 is 2.06 bits per heavy atom. The van der Waals surface area contributed by atoms with Gasteiger partial charge in [0, 0.05) is 25.8 Å². The number of hydrogen-bond acceptors (Lipinski definition) is 5. The third-order valence-corrected chi connectivity index (χ3v) is 5.95. The molecule has 1 unspecified atom stereocenters. The monoisotopic (exact) mass is 425 g/mol. The Kier molecular flexibility index (Phi) is 5.77. The Morgan fingerprint density at radius 3 is 2.81 bits per heavy atom. The molecule has 2 saturated heterocycles. The molecule has 2 fully saturated rings. The van der Waals surface area contributed by atoms with Gasteiger partial charge < -0.3 is 14.5 Å². The average molecular weight is 425 g/mol. The topological polar surface area (TPSA) is 98.8 Å². The minimum atomic E-state index is -0.660. The van der Waals surface area contributed by atoms with Crippen molar-refractivity contribution in [2.45, 2.75) is 26.3 Å². The van der Waals surface area contributed by atoms with E-state index < -0.39 is 6.04 Å². The Bertz CT molecular complexity index is 1020. The molecule has 2 aliphatic heterocycles. The Balaban J connectivity index is 1.58. The Hall–Kier alpha value is -3.20. The Labute approximate surface area is 180 Å². The number of H-pyrrole nitrogens is 1. The van der Waals surface area contributed by atoms with Gasteiger partial charge in [0.1, 0.15) is 6.04 Å². The van der Waals surface area contributed by atoms with Crippen molar-refractivity contribution in [2.24, 2.45) is 0 Å². The highest BCUT2D eigenvalue weighted by molar-refractivity contribution is 6.05. The number of nitrogens with zero attached hydrogens (tertiary/aromatic N) is 4. The molecule has 0 bridgehead atoms. The maximum Gasteiger partial charge on any atom is 0.327 e. The Morgan fingerprint density at radius 1 is 1.26 bits per heavy atom. The molecule has 1 aromatic heterocycles. The van der Waals surface area contributed by atoms with E-state index in [0.717, 1.165) is 16.7 Å². The predicted octanol–water partition coefficient (Wildman–Crippen LogP) is 1.82. The molecular formula is C22H27N5O4. The van der Waals surface area contributed by atoms with Crippen molar-refractivity contribution in [2.75, 3.05) is 39.9 Å². The molecule has 0 radical (unpaired) electrons. The number of amides is 4. The third-order valence-electron chi connectivity index (χ3n) is 5.95. The van der Waals surface area contributed by atoms with Crippen molar-refractivity contribution in [3.63, 3.8) is 0 Å². The first-order chi connectivity index (χ1) is 14.9. The molecule has 1 aromatic carbocycles. The fraction of sp³-hybridized carbons (Fsp3) is 0.455. The van der Waals surface area contributed by atoms with Crippen molar-refractivity contribution in [1.82, 2.24) is 24.9 Å². The van der Waals surface area contributed by atoms with Crippen LogP contribution in [0.2, 0.25) is 0 Å². The van der Waals surface area contributed by atoms with Gasteiger partial charge in [-0.25, -0.2) is 4.79 Å². The number of fused-ring (bicyclic) bond motifs is 1. The molecule has 2 aliphatic rings. The second-order valence-electron chi connectivity index (χ2n) is 8.06. The number of rotatable bonds is 5. The molecule has 0 aliphatic carbocycles. The summed E-state index contributed by atoms with van der Waals surface area (Å²) in [7, 11) is 1.53. The first kappa shape index (κ1) is 21.0. The van der Waals surface area contributed by atoms with Crippen LogP contribution in [0.4, 0.5) is 4.79 Å². The molecule has 3 heterocycles. The lowest BCUT2D eigenvalue weighted by Crippen LogP contribution is -2.43. The van der Waals surface area contributed by atoms with Crippen LogP contribution in [0.5, 0.6) is 0 Å². The number of aryl methyl sites for hydroxylation is 2. The second kappa shape index (κ2) is 8.50. The van der Waals surface area contributed by atoms with Crippen LogP contribution in [0.25, 0.3) is 11.3 Å². The zero-order valence-electron chi connectivity index (χ0n) is 18.1. The highest BCUT2D eigenvalue weighted by atomic mass is 16.5. The SMILES string of the molecule is COCCN1C(=O)C2CN(C(=O)c3cn[nH]c3-c3ccc(C)cc3C)CCCN2C1=O. The van der Waals surface area contributed by atoms with E-state index >= 15 is 0 Å². The molecule has 0 spiro atoms. The molecule has 9 nitrogen and oxygen atoms in total. The number of aromatic amines is 1. The van der Waals surface area contributed by atoms with Crippen LogP contribution in [0.3, 0.4) is 0 Å². The molecule has 1 N–H and O–H groups in total. The van der Waals surface area contributed by atoms with Crippen LogP contribution in [-0.2, 0) is 9.53 Å². The largest absolute Gasteiger partial charge is 0.383 e. The number of ether oxygens (including phenoxy) is 1. The van der Waals surface area contributed by atoms with Gasteiger partial charge in [0.2, 0.25) is 0 Å². The van der Waals surface area contributed by atoms with Crippen molar-refractivity contribution in [3.05, 3.63) is 41.1 Å². The maximum absolute atomic E-state index is 13.4. The number of benzene rings is 1. The highest BCUT2D eigenvalue weighted by Crippen LogP contribution is 2.28. The number of methoxy groups -OCH3 is 1. The number of urea groups is 1. The number of carbonyl (C=O) groups is 3. The third kappa shape index (κ3) is 3.81. The fourth-order valence-corrected chi connectivity index (χ4v) is 4.35. The summed E-state index contributed by atoms with van der Waals surface area (Å²) in [6.45, 7) is 5.61. The smallest absolute Gasteiger partial charge is 0.327 e. The lowest BCUT2D eigenvalue weighted by molar-refractivity contribution is -0.128. The quantitative estimate of drug-likeness (QED) is 0.737. The van der Waals surface area contributed by atoms with E-state index in [0.29, 0.717) is 30.8 Å². The van der Waals surface area contributed by atoms with Crippen LogP contribution >= 0.6 is 0 Å². The van der Waals surface area contributed by atoms with E-state index in [1.807, 2.05) is 26.0 Å². The zero-order chi connectivity index (χ0) is 22.1. The number of nitrogens with one attached hydrogen (secondary N) is 1. The molecule has 31 heavy (non-hydrogen) atoms. The summed E-state index contributed by atoms with van der Waals surface area (Å²) in [6, 6.07) is 5.07. The van der Waals surface area contributed by atoms with Crippen LogP contribution in [0, 0.1) is 13.8 Å². The van der Waals surface area contributed by atoms with Crippen molar-refractivity contribution in [1.29, 1.82) is 0 Å². The minimum Gasteiger partial charge on any atom is -0.383 e. The van der Waals surface area contributed by atoms with Gasteiger partial charge in [-0.2, -0.15) is 5.10 Å². The average Bonchev–Trinajstić information content (AvgIpc) is 3.21. The van der Waals surface area contributed by atoms with Gasteiger partial charge in [0.25, 0.3) is 11.8 Å². The second-order valence-corrected chi connectivity index (χ2v) is 8.06. The summed E-state index contributed by atoms with van der Waals surface area (Å²) in [4.78, 5) is 43.4. The van der Waals surface area contributed by atoms with E-state index in [4.69, 9.17) is 4.74 Å². The molecule has 1 atom stereocenters. The molecule has 164 valence electrons. The van der Waals surface area contributed by atoms with E-state index in [9.17, 15) is 14.4 Å². The van der Waals surface area contributed by atoms with Crippen LogP contribution in [0.15, 0.2) is 24.4 Å². The number of aromatic nitrogens is 2. The highest BCUT2D eigenvalue weighted by Gasteiger charge is 2.47. The van der Waals surface area contributed by atoms with Gasteiger partial charge in [0.15, 0.2) is 0 Å². The molecule has 2 aromatic rings. The number of imide groups is 1. The molecule has 9 heteroatoms. The van der Waals surface area contributed by atoms with Gasteiger partial charge in [-0.15, -0.1) is 0 Å². The van der Waals surface area contributed by atoms with Gasteiger partial charge in [-0.05, 0) is 25.8 Å². The van der Waals surface area contributed by atoms with E-state index in [-0.39, 0.29) is 37.5 Å². The summed E-state index contributed by atoms with van der Waals surface area (Å²) in [5.74, 6) is -0.468. The standard InChI is InChI=1S/C22H27N5O4/c1-14-5-6-16(15(2)11-14)19-17(12-23-24-19)20(28)25-7-4-8-26-18(13-25)21(29)27(22(26)30)9-10-31-3/h5-6,11-12,18H,4,7-10,13H2,1-3H3,(H,23,24). The number of carbonyl (C=O) groups excluding carboxylic acids is 3. The molecule has 4 amide bonds. The van der Waals surface area contributed by atoms with Crippen LogP contribution in [0.1, 0.15) is 27.9 Å². The first-order valence-corrected chi connectivity index (χ1v) is 10.4. The van der Waals surface area contributed by atoms with Crippen LogP contribution < -0.4 is 0 Å². The first-order valence-electron chi connectivity index (χ1n) is 10.4. The van der Waals surface area contributed by atoms with E-state index in [2.05, 4.69) is 16.3 Å². The van der Waals surface area contributed by atoms with Gasteiger partial charge in [-0.1, -0.05) is 23.8 Å². The normalized spacial score (nSPS) is 19.1. The summed E-state index contributed by atoms with van der Waals surface area (Å²) in [5, 5.41) is 7.07. The minimum absolute atomic E-state index is 0.171. The van der Waals surface area contributed by atoms with Gasteiger partial charge in [0.05, 0.1) is 37.2 Å². The maximum atomic E-state index is 13.4. The van der Waals surface area contributed by atoms with Crippen LogP contribution in [-0.4, -0.2) is 88.7 Å². The lowest BCUT2D eigenvalue weighted by atomic mass is 10.00. The zero-order valence-corrected chi connectivity index (χ0v) is 18.1. The molecule has 4 rings (SSSR count). The summed E-state index contributed by atoms with van der Waals surface area (Å²) in [5.41, 5.74) is 4.24. The lowest BCUT2D eigenvalue weighted by Gasteiger charge is -2.23. The predicted molar refractivity (Wildman–Crippen MR) is 113 cm³/mol. The molecule has 0 saturated carbocycles. The van der Waals surface area contributed by atoms with Crippen molar-refractivity contribution < 1.29 is 19.1 Å². The summed E-state index contributed by atoms with van der Waals surface area (Å²) < 4.78 is 5.02. The van der Waals surface area contributed by atoms with Gasteiger partial charge >= 0.3 is 6.03 Å². The van der Waals surface area contributed by atoms with Gasteiger partial charge in [-0.3, -0.25) is 19.6 Å². The molecular weight excluding hydrogens is 398 g/mol. The van der Waals surface area contributed by atoms with E-state index in [1.165, 1.54) is 18.2 Å². The number of hydrogen-bond donors (Lipinski definition) is 1. The fourth-order valence-electron chi connectivity index (χ4n) is 4.35. The van der Waals surface area contributed by atoms with E-state index in [1.54, 1.807) is 9.80 Å².